The number of nitrogens with two attached hydrogens (primary N) is 1. The highest BCUT2D eigenvalue weighted by Gasteiger charge is 2.42. The molecule has 1 aromatic heterocycles. The van der Waals surface area contributed by atoms with Gasteiger partial charge < -0.3 is 35.9 Å². The highest BCUT2D eigenvalue weighted by atomic mass is 16.5. The molecule has 5 amide bonds. The van der Waals surface area contributed by atoms with Crippen LogP contribution in [0.4, 0.5) is 4.79 Å². The van der Waals surface area contributed by atoms with Gasteiger partial charge in [-0.05, 0) is 49.1 Å². The maximum absolute atomic E-state index is 13.5. The summed E-state index contributed by atoms with van der Waals surface area (Å²) in [5.41, 5.74) is 6.85. The average Bonchev–Trinajstić information content (AvgIpc) is 3.55. The maximum atomic E-state index is 13.5. The molecule has 11 heteroatoms. The van der Waals surface area contributed by atoms with Crippen molar-refractivity contribution in [2.45, 2.75) is 69.1 Å². The third kappa shape index (κ3) is 7.10. The summed E-state index contributed by atoms with van der Waals surface area (Å²) >= 11 is 0. The molecular formula is C28H38N6O5. The topological polar surface area (TPSA) is 148 Å². The molecule has 2 aromatic rings. The van der Waals surface area contributed by atoms with Gasteiger partial charge in [-0.15, -0.1) is 0 Å². The molecule has 1 saturated carbocycles. The van der Waals surface area contributed by atoms with Crippen LogP contribution in [-0.4, -0.2) is 71.0 Å². The minimum atomic E-state index is -0.973. The van der Waals surface area contributed by atoms with E-state index in [1.54, 1.807) is 61.3 Å². The number of amides is 5. The Hall–Kier alpha value is -4.02. The van der Waals surface area contributed by atoms with E-state index in [0.29, 0.717) is 11.4 Å². The van der Waals surface area contributed by atoms with Crippen molar-refractivity contribution in [1.29, 1.82) is 0 Å². The Bertz CT molecular complexity index is 1170. The van der Waals surface area contributed by atoms with E-state index in [2.05, 4.69) is 16.0 Å². The van der Waals surface area contributed by atoms with Crippen LogP contribution in [0, 0.1) is 0 Å². The number of aromatic nitrogens is 1. The lowest BCUT2D eigenvalue weighted by Gasteiger charge is -2.26. The summed E-state index contributed by atoms with van der Waals surface area (Å²) in [5.74, 6) is -0.832. The summed E-state index contributed by atoms with van der Waals surface area (Å²) < 4.78 is 6.86. The van der Waals surface area contributed by atoms with Crippen LogP contribution in [0.1, 0.15) is 54.6 Å². The van der Waals surface area contributed by atoms with Crippen LogP contribution in [0.3, 0.4) is 0 Å². The van der Waals surface area contributed by atoms with Gasteiger partial charge in [0.1, 0.15) is 23.5 Å². The van der Waals surface area contributed by atoms with Gasteiger partial charge in [-0.25, -0.2) is 4.79 Å². The number of carbonyl (C=O) groups is 4. The zero-order chi connectivity index (χ0) is 27.9. The number of hydrogen-bond donors (Lipinski definition) is 4. The Kier molecular flexibility index (Phi) is 9.11. The van der Waals surface area contributed by atoms with Crippen molar-refractivity contribution in [2.24, 2.45) is 12.8 Å². The first-order chi connectivity index (χ1) is 18.7. The number of urea groups is 1. The summed E-state index contributed by atoms with van der Waals surface area (Å²) in [6.07, 6.45) is 7.42. The van der Waals surface area contributed by atoms with Gasteiger partial charge in [0, 0.05) is 32.3 Å². The van der Waals surface area contributed by atoms with E-state index >= 15 is 0 Å². The molecule has 4 rings (SSSR count). The Labute approximate surface area is 228 Å². The number of rotatable bonds is 9. The predicted molar refractivity (Wildman–Crippen MR) is 145 cm³/mol. The molecule has 1 aliphatic heterocycles. The molecule has 39 heavy (non-hydrogen) atoms. The van der Waals surface area contributed by atoms with Crippen molar-refractivity contribution < 1.29 is 23.9 Å². The molecule has 0 bridgehead atoms. The van der Waals surface area contributed by atoms with Crippen molar-refractivity contribution >= 4 is 23.8 Å². The summed E-state index contributed by atoms with van der Waals surface area (Å²) in [6, 6.07) is 8.12. The Balaban J connectivity index is 1.46. The molecule has 1 saturated heterocycles. The fourth-order valence-electron chi connectivity index (χ4n) is 5.39. The van der Waals surface area contributed by atoms with Gasteiger partial charge >= 0.3 is 6.03 Å². The number of aryl methyl sites for hydroxylation is 1. The molecule has 1 aromatic carbocycles. The minimum absolute atomic E-state index is 0.134. The van der Waals surface area contributed by atoms with E-state index in [4.69, 9.17) is 10.5 Å². The van der Waals surface area contributed by atoms with E-state index in [9.17, 15) is 19.2 Å². The molecule has 0 spiro atoms. The molecule has 1 aliphatic carbocycles. The SMILES string of the molecule is COc1ccc(CC(NC(=O)C2CC(NC(=O)NC3CCCCC3)CN2C(=O)c2cccn2C)C(N)=O)cc1. The van der Waals surface area contributed by atoms with Gasteiger partial charge in [0.05, 0.1) is 13.2 Å². The first-order valence-electron chi connectivity index (χ1n) is 13.5. The first kappa shape index (κ1) is 28.0. The molecule has 5 N–H and O–H groups in total. The van der Waals surface area contributed by atoms with Gasteiger partial charge in [-0.1, -0.05) is 31.4 Å². The van der Waals surface area contributed by atoms with Gasteiger partial charge in [-0.2, -0.15) is 0 Å². The Morgan fingerprint density at radius 2 is 1.72 bits per heavy atom. The molecule has 210 valence electrons. The third-order valence-corrected chi connectivity index (χ3v) is 7.56. The number of primary amides is 1. The van der Waals surface area contributed by atoms with E-state index in [1.807, 2.05) is 0 Å². The fraction of sp³-hybridized carbons (Fsp3) is 0.500. The molecule has 3 atom stereocenters. The van der Waals surface area contributed by atoms with Crippen molar-refractivity contribution in [3.05, 3.63) is 53.9 Å². The first-order valence-corrected chi connectivity index (χ1v) is 13.5. The average molecular weight is 539 g/mol. The number of nitrogens with zero attached hydrogens (tertiary/aromatic N) is 2. The lowest BCUT2D eigenvalue weighted by molar-refractivity contribution is -0.129. The molecular weight excluding hydrogens is 500 g/mol. The van der Waals surface area contributed by atoms with Gasteiger partial charge in [0.2, 0.25) is 11.8 Å². The second-order valence-electron chi connectivity index (χ2n) is 10.4. The summed E-state index contributed by atoms with van der Waals surface area (Å²) in [7, 11) is 3.32. The molecule has 0 radical (unpaired) electrons. The molecule has 3 unspecified atom stereocenters. The van der Waals surface area contributed by atoms with Crippen LogP contribution in [0.25, 0.3) is 0 Å². The number of hydrogen-bond acceptors (Lipinski definition) is 5. The predicted octanol–water partition coefficient (Wildman–Crippen LogP) is 1.46. The quantitative estimate of drug-likeness (QED) is 0.382. The normalized spacial score (nSPS) is 20.2. The van der Waals surface area contributed by atoms with Crippen molar-refractivity contribution in [2.75, 3.05) is 13.7 Å². The molecule has 2 aliphatic rings. The van der Waals surface area contributed by atoms with E-state index < -0.39 is 29.9 Å². The van der Waals surface area contributed by atoms with Gasteiger partial charge in [-0.3, -0.25) is 14.4 Å². The second-order valence-corrected chi connectivity index (χ2v) is 10.4. The smallest absolute Gasteiger partial charge is 0.315 e. The van der Waals surface area contributed by atoms with Crippen molar-refractivity contribution in [3.63, 3.8) is 0 Å². The Morgan fingerprint density at radius 3 is 2.33 bits per heavy atom. The van der Waals surface area contributed by atoms with Crippen LogP contribution in [0.15, 0.2) is 42.6 Å². The summed E-state index contributed by atoms with van der Waals surface area (Å²) in [6.45, 7) is 0.167. The lowest BCUT2D eigenvalue weighted by Crippen LogP contribution is -2.53. The summed E-state index contributed by atoms with van der Waals surface area (Å²) in [5, 5.41) is 8.72. The zero-order valence-corrected chi connectivity index (χ0v) is 22.5. The van der Waals surface area contributed by atoms with Crippen LogP contribution < -0.4 is 26.4 Å². The number of carbonyl (C=O) groups excluding carboxylic acids is 4. The van der Waals surface area contributed by atoms with Gasteiger partial charge in [0.15, 0.2) is 0 Å². The van der Waals surface area contributed by atoms with Crippen molar-refractivity contribution in [3.8, 4) is 5.75 Å². The standard InChI is InChI=1S/C28H38N6O5/c1-33-14-6-9-23(33)27(37)34-17-20(31-28(38)30-19-7-4-3-5-8-19)16-24(34)26(36)32-22(25(29)35)15-18-10-12-21(39-2)13-11-18/h6,9-14,19-20,22,24H,3-5,7-8,15-17H2,1-2H3,(H2,29,35)(H,32,36)(H2,30,31,38). The minimum Gasteiger partial charge on any atom is -0.497 e. The fourth-order valence-corrected chi connectivity index (χ4v) is 5.39. The number of benzene rings is 1. The Morgan fingerprint density at radius 1 is 1.03 bits per heavy atom. The highest BCUT2D eigenvalue weighted by molar-refractivity contribution is 5.98. The number of likely N-dealkylation sites (tertiary alicyclic amines) is 1. The van der Waals surface area contributed by atoms with E-state index in [0.717, 1.165) is 31.2 Å². The second kappa shape index (κ2) is 12.7. The number of methoxy groups -OCH3 is 1. The molecule has 2 fully saturated rings. The van der Waals surface area contributed by atoms with Gasteiger partial charge in [0.25, 0.3) is 5.91 Å². The van der Waals surface area contributed by atoms with Crippen LogP contribution in [0.2, 0.25) is 0 Å². The maximum Gasteiger partial charge on any atom is 0.315 e. The van der Waals surface area contributed by atoms with Crippen LogP contribution in [0.5, 0.6) is 5.75 Å². The third-order valence-electron chi connectivity index (χ3n) is 7.56. The highest BCUT2D eigenvalue weighted by Crippen LogP contribution is 2.23. The molecule has 11 nitrogen and oxygen atoms in total. The van der Waals surface area contributed by atoms with Crippen LogP contribution in [-0.2, 0) is 23.1 Å². The van der Waals surface area contributed by atoms with E-state index in [-0.39, 0.29) is 37.4 Å². The van der Waals surface area contributed by atoms with Crippen LogP contribution >= 0.6 is 0 Å². The van der Waals surface area contributed by atoms with E-state index in [1.165, 1.54) is 11.3 Å². The molecule has 2 heterocycles. The lowest BCUT2D eigenvalue weighted by atomic mass is 9.96. The number of ether oxygens (including phenoxy) is 1. The summed E-state index contributed by atoms with van der Waals surface area (Å²) in [4.78, 5) is 53.4. The zero-order valence-electron chi connectivity index (χ0n) is 22.5. The number of nitrogens with one attached hydrogen (secondary N) is 3. The largest absolute Gasteiger partial charge is 0.497 e. The van der Waals surface area contributed by atoms with Crippen molar-refractivity contribution in [1.82, 2.24) is 25.4 Å². The monoisotopic (exact) mass is 538 g/mol.